The zero-order valence-corrected chi connectivity index (χ0v) is 72.1. The number of fused-ring (bicyclic) bond motifs is 8. The van der Waals surface area contributed by atoms with E-state index in [2.05, 4.69) is 375 Å². The molecule has 0 fully saturated rings. The van der Waals surface area contributed by atoms with E-state index in [1.807, 2.05) is 0 Å². The summed E-state index contributed by atoms with van der Waals surface area (Å²) in [4.78, 5) is 0. The number of hydrogen-bond donors (Lipinski definition) is 8. The molecule has 14 unspecified atom stereocenters. The molecule has 14 atom stereocenters. The lowest BCUT2D eigenvalue weighted by Gasteiger charge is -2.42. The van der Waals surface area contributed by atoms with Gasteiger partial charge >= 0.3 is 0 Å². The summed E-state index contributed by atoms with van der Waals surface area (Å²) >= 11 is 0. The van der Waals surface area contributed by atoms with Crippen molar-refractivity contribution in [2.45, 2.75) is 348 Å². The second-order valence-electron chi connectivity index (χ2n) is 35.3. The number of anilines is 8. The summed E-state index contributed by atoms with van der Waals surface area (Å²) in [6.07, 6.45) is 22.3. The molecule has 8 aliphatic heterocycles. The second-order valence-corrected chi connectivity index (χ2v) is 35.3. The van der Waals surface area contributed by atoms with Gasteiger partial charge in [0.15, 0.2) is 0 Å². The van der Waals surface area contributed by atoms with Crippen LogP contribution in [0.5, 0.6) is 0 Å². The molecule has 596 valence electrons. The van der Waals surface area contributed by atoms with Crippen LogP contribution in [0, 0.1) is 0 Å². The van der Waals surface area contributed by atoms with Gasteiger partial charge in [-0.1, -0.05) is 243 Å². The molecule has 0 aromatic heterocycles. The molecule has 8 aromatic carbocycles. The van der Waals surface area contributed by atoms with E-state index in [0.29, 0.717) is 53.4 Å². The van der Waals surface area contributed by atoms with Crippen molar-refractivity contribution in [1.82, 2.24) is 0 Å². The third kappa shape index (κ3) is 22.7. The van der Waals surface area contributed by atoms with E-state index in [9.17, 15) is 0 Å². The standard InChI is InChI=1S/C15H23N.C14H21N.2C13H19N.3C12H17N.C11H15N/c1-4-12-11-15(5-2,6-3)16-14-10-8-7-9-13(12)14;1-4-11-10-14(3,5-2)15-13-9-7-6-8-12(11)13;1-4-13(3)9-10(2)11-7-5-6-8-12(11)14-13;1-3-10-9-11(4-2)14-13-8-6-5-7-12(10)13;1-9-8-12(2,3)13-11-7-5-4-6-10(9)11;1-3-10-8-9(2)13-12-7-5-4-6-11(10)12;1-3-10-8-9(2)11-6-4-5-7-12(11)13-10;1-8-7-9(2)12-11-6-4-3-5-10(8)11/h7-10,12,16H,4-6,11H2,1-3H3;6-9,11,15H,4-5,10H2,1-3H3;5-8,10,14H,4,9H2,1-3H3;5-8,10-11,14H,3-4,9H2,1-2H3;4-7,9,13H,8H2,1-3H3;2*4-7,9-10,13H,3,8H2,1-2H3;3-6,8-9,12H,7H2,1-2H3. The molecular formula is C102H148N8. The zero-order valence-electron chi connectivity index (χ0n) is 72.1. The van der Waals surface area contributed by atoms with Crippen molar-refractivity contribution < 1.29 is 0 Å². The third-order valence-electron chi connectivity index (χ3n) is 26.2. The maximum atomic E-state index is 3.77. The first-order valence-corrected chi connectivity index (χ1v) is 43.8. The van der Waals surface area contributed by atoms with Crippen LogP contribution >= 0.6 is 0 Å². The molecule has 0 bridgehead atoms. The van der Waals surface area contributed by atoms with Crippen LogP contribution in [0.15, 0.2) is 194 Å². The molecule has 8 aliphatic rings. The fraction of sp³-hybridized carbons (Fsp3) is 0.529. The number of hydrogen-bond acceptors (Lipinski definition) is 8. The van der Waals surface area contributed by atoms with Gasteiger partial charge in [-0.25, -0.2) is 0 Å². The Hall–Kier alpha value is -7.84. The highest BCUT2D eigenvalue weighted by Gasteiger charge is 2.37. The van der Waals surface area contributed by atoms with E-state index >= 15 is 0 Å². The van der Waals surface area contributed by atoms with E-state index < -0.39 is 0 Å². The van der Waals surface area contributed by atoms with Crippen molar-refractivity contribution in [1.29, 1.82) is 0 Å². The maximum absolute atomic E-state index is 3.77. The molecule has 8 aromatic rings. The van der Waals surface area contributed by atoms with Crippen LogP contribution in [0.25, 0.3) is 0 Å². The first-order chi connectivity index (χ1) is 52.9. The van der Waals surface area contributed by atoms with Crippen LogP contribution in [0.4, 0.5) is 45.5 Å². The lowest BCUT2D eigenvalue weighted by atomic mass is 9.75. The Morgan fingerprint density at radius 1 is 0.255 bits per heavy atom. The molecule has 0 saturated heterocycles. The Morgan fingerprint density at radius 2 is 0.555 bits per heavy atom. The summed E-state index contributed by atoms with van der Waals surface area (Å²) in [5, 5.41) is 28.9. The van der Waals surface area contributed by atoms with E-state index in [-0.39, 0.29) is 16.6 Å². The Balaban J connectivity index is 0.000000145. The number of rotatable bonds is 10. The van der Waals surface area contributed by atoms with Crippen LogP contribution in [-0.4, -0.2) is 46.3 Å². The Morgan fingerprint density at radius 3 is 0.982 bits per heavy atom. The van der Waals surface area contributed by atoms with Gasteiger partial charge in [0, 0.05) is 91.8 Å². The first kappa shape index (κ1) is 86.1. The van der Waals surface area contributed by atoms with Gasteiger partial charge in [-0.15, -0.1) is 0 Å². The Labute approximate surface area is 670 Å². The molecule has 0 radical (unpaired) electrons. The van der Waals surface area contributed by atoms with E-state index in [1.165, 1.54) is 206 Å². The van der Waals surface area contributed by atoms with Crippen molar-refractivity contribution in [3.05, 3.63) is 239 Å². The molecule has 0 saturated carbocycles. The molecular weight excluding hydrogens is 1340 g/mol. The van der Waals surface area contributed by atoms with Crippen molar-refractivity contribution >= 4 is 45.5 Å². The summed E-state index contributed by atoms with van der Waals surface area (Å²) in [6, 6.07) is 72.1. The smallest absolute Gasteiger partial charge is 0.0379 e. The second kappa shape index (κ2) is 40.6. The maximum Gasteiger partial charge on any atom is 0.0379 e. The SMILES string of the molecule is CC1CC(C)(C)Nc2ccccc21.CC1CC(C)c2ccccc2N1.CCC1(C)CC(C)c2ccccc2N1.CCC1CC(C)(CC)Nc2ccccc21.CCC1CC(C)Nc2ccccc21.CCC1CC(C)c2ccccc2N1.CCC1CC(CC)(CC)Nc2ccccc21.CCC1CC(CC)c2ccccc2N1. The molecule has 8 N–H and O–H groups in total. The van der Waals surface area contributed by atoms with Gasteiger partial charge in [0.05, 0.1) is 0 Å². The highest BCUT2D eigenvalue weighted by atomic mass is 15.0. The van der Waals surface area contributed by atoms with Crippen LogP contribution < -0.4 is 42.5 Å². The third-order valence-corrected chi connectivity index (χ3v) is 26.2. The zero-order chi connectivity index (χ0) is 79.2. The predicted octanol–water partition coefficient (Wildman–Crippen LogP) is 29.4. The lowest BCUT2D eigenvalue weighted by Crippen LogP contribution is -2.42. The Kier molecular flexibility index (Phi) is 31.8. The number of para-hydroxylation sites is 8. The summed E-state index contributed by atoms with van der Waals surface area (Å²) in [5.74, 6) is 5.75. The highest BCUT2D eigenvalue weighted by Crippen LogP contribution is 2.47. The van der Waals surface area contributed by atoms with Crippen LogP contribution in [0.1, 0.15) is 346 Å². The molecule has 16 rings (SSSR count). The van der Waals surface area contributed by atoms with Gasteiger partial charge in [0.25, 0.3) is 0 Å². The number of benzene rings is 8. The van der Waals surface area contributed by atoms with E-state index in [4.69, 9.17) is 0 Å². The summed E-state index contributed by atoms with van der Waals surface area (Å²) in [5.41, 5.74) is 23.8. The van der Waals surface area contributed by atoms with Gasteiger partial charge in [-0.2, -0.15) is 0 Å². The fourth-order valence-electron chi connectivity index (χ4n) is 19.2. The van der Waals surface area contributed by atoms with Crippen LogP contribution in [0.3, 0.4) is 0 Å². The quantitative estimate of drug-likeness (QED) is 0.0686. The van der Waals surface area contributed by atoms with Gasteiger partial charge in [0.2, 0.25) is 0 Å². The van der Waals surface area contributed by atoms with Crippen molar-refractivity contribution in [2.75, 3.05) is 42.5 Å². The minimum Gasteiger partial charge on any atom is -0.382 e. The topological polar surface area (TPSA) is 96.2 Å². The minimum atomic E-state index is 0.244. The van der Waals surface area contributed by atoms with Crippen LogP contribution in [0.2, 0.25) is 0 Å². The van der Waals surface area contributed by atoms with Gasteiger partial charge in [-0.05, 0) is 297 Å². The van der Waals surface area contributed by atoms with Gasteiger partial charge in [-0.3, -0.25) is 0 Å². The molecule has 8 heterocycles. The molecule has 8 heteroatoms. The summed E-state index contributed by atoms with van der Waals surface area (Å²) < 4.78 is 0. The first-order valence-electron chi connectivity index (χ1n) is 43.8. The summed E-state index contributed by atoms with van der Waals surface area (Å²) in [7, 11) is 0. The lowest BCUT2D eigenvalue weighted by molar-refractivity contribution is 0.349. The normalized spacial score (nSPS) is 26.5. The summed E-state index contributed by atoms with van der Waals surface area (Å²) in [6.45, 7) is 45.8. The molecule has 0 spiro atoms. The fourth-order valence-corrected chi connectivity index (χ4v) is 19.2. The molecule has 8 nitrogen and oxygen atoms in total. The van der Waals surface area contributed by atoms with E-state index in [0.717, 1.165) is 23.7 Å². The number of nitrogens with one attached hydrogen (secondary N) is 8. The van der Waals surface area contributed by atoms with Crippen molar-refractivity contribution in [3.8, 4) is 0 Å². The minimum absolute atomic E-state index is 0.244. The van der Waals surface area contributed by atoms with Crippen molar-refractivity contribution in [2.24, 2.45) is 0 Å². The average Bonchev–Trinajstić information content (AvgIpc) is 0.783. The van der Waals surface area contributed by atoms with E-state index in [1.54, 1.807) is 0 Å². The molecule has 0 amide bonds. The largest absolute Gasteiger partial charge is 0.382 e. The van der Waals surface area contributed by atoms with Crippen LogP contribution in [-0.2, 0) is 0 Å². The molecule has 110 heavy (non-hydrogen) atoms. The van der Waals surface area contributed by atoms with Crippen molar-refractivity contribution in [3.63, 3.8) is 0 Å². The predicted molar refractivity (Wildman–Crippen MR) is 485 cm³/mol. The van der Waals surface area contributed by atoms with Gasteiger partial charge in [0.1, 0.15) is 0 Å². The average molecular weight is 1490 g/mol. The van der Waals surface area contributed by atoms with Gasteiger partial charge < -0.3 is 42.5 Å². The highest BCUT2D eigenvalue weighted by molar-refractivity contribution is 5.62. The Bertz CT molecular complexity index is 4070. The monoisotopic (exact) mass is 1490 g/mol. The molecule has 0 aliphatic carbocycles.